The maximum Gasteiger partial charge on any atom is 0.204 e. The van der Waals surface area contributed by atoms with E-state index in [9.17, 15) is 4.79 Å². The van der Waals surface area contributed by atoms with Crippen LogP contribution in [-0.4, -0.2) is 23.6 Å². The van der Waals surface area contributed by atoms with Crippen LogP contribution in [0.4, 0.5) is 5.13 Å². The van der Waals surface area contributed by atoms with E-state index in [1.54, 1.807) is 6.21 Å². The summed E-state index contributed by atoms with van der Waals surface area (Å²) in [5.41, 5.74) is 4.34. The van der Waals surface area contributed by atoms with E-state index in [1.165, 1.54) is 56.8 Å². The Morgan fingerprint density at radius 2 is 1.97 bits per heavy atom. The number of nitrogens with zero attached hydrogens (tertiary/aromatic N) is 2. The molecule has 7 heteroatoms. The second-order valence-corrected chi connectivity index (χ2v) is 8.42. The van der Waals surface area contributed by atoms with Gasteiger partial charge in [-0.25, -0.2) is 4.98 Å². The molecule has 2 rings (SSSR count). The summed E-state index contributed by atoms with van der Waals surface area (Å²) >= 11 is 7.63. The standard InChI is InChI=1S/C22H30ClN3O2S/c1-4-5-6-7-8-9-10-13-28-19-12-11-18(20(23)14-19)15-24-26-22-25-16(2)21(29-22)17(3)27/h11-12,14-15H,4-10,13H2,1-3H3,(H,25,26)/b24-15-. The Bertz CT molecular complexity index is 820. The van der Waals surface area contributed by atoms with Gasteiger partial charge in [-0.1, -0.05) is 68.4 Å². The fourth-order valence-corrected chi connectivity index (χ4v) is 3.91. The van der Waals surface area contributed by atoms with E-state index >= 15 is 0 Å². The lowest BCUT2D eigenvalue weighted by Gasteiger charge is -2.07. The van der Waals surface area contributed by atoms with Gasteiger partial charge >= 0.3 is 0 Å². The SMILES string of the molecule is CCCCCCCCCOc1ccc(/C=N\Nc2nc(C)c(C(C)=O)s2)c(Cl)c1. The molecule has 1 aromatic heterocycles. The molecule has 0 saturated carbocycles. The lowest BCUT2D eigenvalue weighted by molar-refractivity contribution is 0.102. The molecule has 158 valence electrons. The number of nitrogens with one attached hydrogen (secondary N) is 1. The summed E-state index contributed by atoms with van der Waals surface area (Å²) in [5, 5.41) is 5.32. The Morgan fingerprint density at radius 1 is 1.24 bits per heavy atom. The number of aromatic nitrogens is 1. The number of Topliss-reactive ketones (excluding diaryl/α,β-unsaturated/α-hetero) is 1. The normalized spacial score (nSPS) is 11.2. The Labute approximate surface area is 182 Å². The highest BCUT2D eigenvalue weighted by Crippen LogP contribution is 2.24. The third-order valence-electron chi connectivity index (χ3n) is 4.47. The van der Waals surface area contributed by atoms with Crippen molar-refractivity contribution < 1.29 is 9.53 Å². The molecule has 0 fully saturated rings. The molecule has 0 bridgehead atoms. The van der Waals surface area contributed by atoms with Crippen LogP contribution in [0.2, 0.25) is 5.02 Å². The summed E-state index contributed by atoms with van der Waals surface area (Å²) in [6.07, 6.45) is 10.5. The summed E-state index contributed by atoms with van der Waals surface area (Å²) in [6, 6.07) is 5.59. The van der Waals surface area contributed by atoms with Gasteiger partial charge in [0.1, 0.15) is 5.75 Å². The minimum Gasteiger partial charge on any atom is -0.494 e. The van der Waals surface area contributed by atoms with Gasteiger partial charge in [-0.2, -0.15) is 5.10 Å². The van der Waals surface area contributed by atoms with Gasteiger partial charge in [0.05, 0.1) is 28.4 Å². The Kier molecular flexibility index (Phi) is 10.2. The van der Waals surface area contributed by atoms with E-state index in [4.69, 9.17) is 16.3 Å². The van der Waals surface area contributed by atoms with Gasteiger partial charge in [-0.3, -0.25) is 10.2 Å². The molecule has 5 nitrogen and oxygen atoms in total. The lowest BCUT2D eigenvalue weighted by Crippen LogP contribution is -1.98. The first-order valence-electron chi connectivity index (χ1n) is 10.2. The minimum absolute atomic E-state index is 0.00663. The van der Waals surface area contributed by atoms with E-state index in [2.05, 4.69) is 22.4 Å². The number of hydrogen-bond donors (Lipinski definition) is 1. The number of hydrogen-bond acceptors (Lipinski definition) is 6. The third kappa shape index (κ3) is 8.15. The molecule has 0 amide bonds. The highest BCUT2D eigenvalue weighted by atomic mass is 35.5. The van der Waals surface area contributed by atoms with Crippen LogP contribution < -0.4 is 10.2 Å². The molecule has 0 aliphatic carbocycles. The molecule has 1 aromatic carbocycles. The molecule has 0 atom stereocenters. The number of thiazole rings is 1. The van der Waals surface area contributed by atoms with Crippen molar-refractivity contribution >= 4 is 40.1 Å². The first kappa shape index (κ1) is 23.4. The van der Waals surface area contributed by atoms with E-state index in [1.807, 2.05) is 25.1 Å². The molecule has 0 aliphatic heterocycles. The minimum atomic E-state index is 0.00663. The van der Waals surface area contributed by atoms with E-state index in [-0.39, 0.29) is 5.78 Å². The van der Waals surface area contributed by atoms with Crippen LogP contribution >= 0.6 is 22.9 Å². The second-order valence-electron chi connectivity index (χ2n) is 7.01. The van der Waals surface area contributed by atoms with Crippen molar-refractivity contribution in [3.8, 4) is 5.75 Å². The number of aryl methyl sites for hydroxylation is 1. The summed E-state index contributed by atoms with van der Waals surface area (Å²) in [6.45, 7) is 6.29. The lowest BCUT2D eigenvalue weighted by atomic mass is 10.1. The third-order valence-corrected chi connectivity index (χ3v) is 5.96. The Balaban J connectivity index is 1.76. The first-order chi connectivity index (χ1) is 14.0. The molecule has 1 N–H and O–H groups in total. The smallest absolute Gasteiger partial charge is 0.204 e. The molecule has 0 unspecified atom stereocenters. The van der Waals surface area contributed by atoms with Crippen LogP contribution in [0.1, 0.15) is 79.7 Å². The fraction of sp³-hybridized carbons (Fsp3) is 0.500. The molecule has 0 saturated heterocycles. The van der Waals surface area contributed by atoms with Crippen molar-refractivity contribution in [2.24, 2.45) is 5.10 Å². The highest BCUT2D eigenvalue weighted by molar-refractivity contribution is 7.17. The summed E-state index contributed by atoms with van der Waals surface area (Å²) < 4.78 is 5.80. The zero-order valence-electron chi connectivity index (χ0n) is 17.5. The molecular weight excluding hydrogens is 406 g/mol. The summed E-state index contributed by atoms with van der Waals surface area (Å²) in [5.74, 6) is 0.778. The molecule has 0 spiro atoms. The molecule has 1 heterocycles. The number of hydrazone groups is 1. The summed E-state index contributed by atoms with van der Waals surface area (Å²) in [4.78, 5) is 16.4. The van der Waals surface area contributed by atoms with Gasteiger partial charge < -0.3 is 4.74 Å². The number of benzene rings is 1. The van der Waals surface area contributed by atoms with E-state index in [0.717, 1.165) is 17.7 Å². The van der Waals surface area contributed by atoms with Crippen molar-refractivity contribution in [2.75, 3.05) is 12.0 Å². The predicted octanol–water partition coefficient (Wildman–Crippen LogP) is 6.88. The Hall–Kier alpha value is -1.92. The number of carbonyl (C=O) groups excluding carboxylic acids is 1. The Morgan fingerprint density at radius 3 is 2.62 bits per heavy atom. The zero-order valence-corrected chi connectivity index (χ0v) is 19.0. The maximum absolute atomic E-state index is 11.5. The number of halogens is 1. The van der Waals surface area contributed by atoms with Gasteiger partial charge in [-0.05, 0) is 31.5 Å². The van der Waals surface area contributed by atoms with Crippen LogP contribution in [-0.2, 0) is 0 Å². The monoisotopic (exact) mass is 435 g/mol. The molecule has 0 aliphatic rings. The first-order valence-corrected chi connectivity index (χ1v) is 11.4. The van der Waals surface area contributed by atoms with Crippen LogP contribution in [0.25, 0.3) is 0 Å². The fourth-order valence-electron chi connectivity index (χ4n) is 2.88. The zero-order chi connectivity index (χ0) is 21.1. The maximum atomic E-state index is 11.5. The van der Waals surface area contributed by atoms with Gasteiger partial charge in [0, 0.05) is 12.5 Å². The van der Waals surface area contributed by atoms with Crippen LogP contribution in [0, 0.1) is 6.92 Å². The highest BCUT2D eigenvalue weighted by Gasteiger charge is 2.10. The van der Waals surface area contributed by atoms with Crippen LogP contribution in [0.5, 0.6) is 5.75 Å². The van der Waals surface area contributed by atoms with Gasteiger partial charge in [0.25, 0.3) is 0 Å². The van der Waals surface area contributed by atoms with Crippen LogP contribution in [0.15, 0.2) is 23.3 Å². The average molecular weight is 436 g/mol. The topological polar surface area (TPSA) is 63.6 Å². The second kappa shape index (κ2) is 12.6. The van der Waals surface area contributed by atoms with E-state index in [0.29, 0.717) is 27.3 Å². The number of ketones is 1. The predicted molar refractivity (Wildman–Crippen MR) is 123 cm³/mol. The number of carbonyl (C=O) groups is 1. The van der Waals surface area contributed by atoms with Gasteiger partial charge in [0.15, 0.2) is 5.78 Å². The number of anilines is 1. The molecule has 0 radical (unpaired) electrons. The molecule has 29 heavy (non-hydrogen) atoms. The van der Waals surface area contributed by atoms with Crippen molar-refractivity contribution in [3.05, 3.63) is 39.4 Å². The largest absolute Gasteiger partial charge is 0.494 e. The number of unbranched alkanes of at least 4 members (excludes halogenated alkanes) is 6. The van der Waals surface area contributed by atoms with Crippen molar-refractivity contribution in [1.29, 1.82) is 0 Å². The quantitative estimate of drug-likeness (QED) is 0.161. The van der Waals surface area contributed by atoms with Gasteiger partial charge in [-0.15, -0.1) is 0 Å². The van der Waals surface area contributed by atoms with Crippen molar-refractivity contribution in [2.45, 2.75) is 65.7 Å². The van der Waals surface area contributed by atoms with Crippen LogP contribution in [0.3, 0.4) is 0 Å². The van der Waals surface area contributed by atoms with Crippen molar-refractivity contribution in [1.82, 2.24) is 4.98 Å². The number of rotatable bonds is 13. The molecular formula is C22H30ClN3O2S. The molecule has 2 aromatic rings. The van der Waals surface area contributed by atoms with E-state index < -0.39 is 0 Å². The number of ether oxygens (including phenoxy) is 1. The van der Waals surface area contributed by atoms with Gasteiger partial charge in [0.2, 0.25) is 5.13 Å². The average Bonchev–Trinajstić information content (AvgIpc) is 3.06. The summed E-state index contributed by atoms with van der Waals surface area (Å²) in [7, 11) is 0. The van der Waals surface area contributed by atoms with Crippen molar-refractivity contribution in [3.63, 3.8) is 0 Å².